The Kier molecular flexibility index (Phi) is 5.31. The summed E-state index contributed by atoms with van der Waals surface area (Å²) < 4.78 is 6.03. The summed E-state index contributed by atoms with van der Waals surface area (Å²) in [6.45, 7) is 0.0897. The molecule has 0 radical (unpaired) electrons. The molecule has 0 aliphatic heterocycles. The van der Waals surface area contributed by atoms with Gasteiger partial charge in [0.05, 0.1) is 7.11 Å². The number of halogens is 1. The molecule has 0 fully saturated rings. The van der Waals surface area contributed by atoms with Crippen molar-refractivity contribution in [1.82, 2.24) is 15.1 Å². The minimum absolute atomic E-state index is 0. The molecular weight excluding hydrogens is 300 g/mol. The number of aromatic nitrogens is 4. The van der Waals surface area contributed by atoms with Gasteiger partial charge in [-0.2, -0.15) is 0 Å². The van der Waals surface area contributed by atoms with Gasteiger partial charge in [0.2, 0.25) is 0 Å². The van der Waals surface area contributed by atoms with Crippen molar-refractivity contribution in [3.63, 3.8) is 0 Å². The highest BCUT2D eigenvalue weighted by atomic mass is 79.9. The molecule has 0 atom stereocenters. The van der Waals surface area contributed by atoms with E-state index in [0.29, 0.717) is 5.82 Å². The molecular formula is C11H11BrN4O2. The molecule has 0 aliphatic carbocycles. The van der Waals surface area contributed by atoms with Gasteiger partial charge in [0.1, 0.15) is 6.20 Å². The van der Waals surface area contributed by atoms with E-state index in [1.54, 1.807) is 36.9 Å². The standard InChI is InChI=1S/C11H11N4O2.BrH/c1-17-10(16)8-15-6-3-9(7-14-15)11-12-4-2-5-13-11;/h2-7H,8H2,1H3;1H/q+1;/p-1. The average molecular weight is 311 g/mol. The Morgan fingerprint density at radius 2 is 2.11 bits per heavy atom. The van der Waals surface area contributed by atoms with Gasteiger partial charge < -0.3 is 21.7 Å². The van der Waals surface area contributed by atoms with Crippen molar-refractivity contribution in [2.75, 3.05) is 7.11 Å². The highest BCUT2D eigenvalue weighted by Crippen LogP contribution is 2.08. The molecule has 0 aliphatic rings. The van der Waals surface area contributed by atoms with Gasteiger partial charge in [-0.25, -0.2) is 14.8 Å². The van der Waals surface area contributed by atoms with Crippen LogP contribution in [0.1, 0.15) is 0 Å². The lowest BCUT2D eigenvalue weighted by Gasteiger charge is -1.97. The van der Waals surface area contributed by atoms with Crippen molar-refractivity contribution in [2.24, 2.45) is 0 Å². The van der Waals surface area contributed by atoms with Crippen LogP contribution in [0.25, 0.3) is 11.4 Å². The maximum atomic E-state index is 11.0. The fraction of sp³-hybridized carbons (Fsp3) is 0.182. The fourth-order valence-electron chi connectivity index (χ4n) is 1.26. The van der Waals surface area contributed by atoms with Crippen LogP contribution in [-0.2, 0) is 16.1 Å². The monoisotopic (exact) mass is 310 g/mol. The lowest BCUT2D eigenvalue weighted by atomic mass is 10.3. The molecule has 6 nitrogen and oxygen atoms in total. The van der Waals surface area contributed by atoms with Gasteiger partial charge in [-0.05, 0) is 11.2 Å². The molecule has 2 heterocycles. The van der Waals surface area contributed by atoms with E-state index in [0.717, 1.165) is 5.56 Å². The van der Waals surface area contributed by atoms with Crippen LogP contribution in [0.3, 0.4) is 0 Å². The zero-order valence-electron chi connectivity index (χ0n) is 9.65. The van der Waals surface area contributed by atoms with Crippen LogP contribution < -0.4 is 21.7 Å². The molecule has 0 saturated carbocycles. The molecule has 2 rings (SSSR count). The first-order valence-corrected chi connectivity index (χ1v) is 4.99. The van der Waals surface area contributed by atoms with Gasteiger partial charge in [-0.15, -0.1) is 0 Å². The summed E-state index contributed by atoms with van der Waals surface area (Å²) in [5, 5.41) is 4.08. The van der Waals surface area contributed by atoms with E-state index >= 15 is 0 Å². The third-order valence-electron chi connectivity index (χ3n) is 2.11. The van der Waals surface area contributed by atoms with Gasteiger partial charge >= 0.3 is 5.97 Å². The normalized spacial score (nSPS) is 9.39. The molecule has 7 heteroatoms. The number of hydrogen-bond donors (Lipinski definition) is 0. The molecule has 0 spiro atoms. The van der Waals surface area contributed by atoms with Crippen LogP contribution in [0.15, 0.2) is 36.9 Å². The van der Waals surface area contributed by atoms with Crippen LogP contribution in [0.5, 0.6) is 0 Å². The molecule has 94 valence electrons. The first kappa shape index (κ1) is 14.2. The summed E-state index contributed by atoms with van der Waals surface area (Å²) in [5.74, 6) is 0.261. The number of carbonyl (C=O) groups is 1. The Morgan fingerprint density at radius 3 is 2.67 bits per heavy atom. The quantitative estimate of drug-likeness (QED) is 0.446. The molecule has 0 bridgehead atoms. The summed E-state index contributed by atoms with van der Waals surface area (Å²) in [6.07, 6.45) is 6.62. The molecule has 0 aromatic carbocycles. The van der Waals surface area contributed by atoms with Crippen molar-refractivity contribution in [3.8, 4) is 11.4 Å². The Labute approximate surface area is 114 Å². The second-order valence-corrected chi connectivity index (χ2v) is 3.26. The minimum atomic E-state index is -0.341. The molecule has 2 aromatic rings. The number of nitrogens with zero attached hydrogens (tertiary/aromatic N) is 4. The summed E-state index contributed by atoms with van der Waals surface area (Å²) in [4.78, 5) is 19.2. The smallest absolute Gasteiger partial charge is 0.374 e. The van der Waals surface area contributed by atoms with E-state index in [1.165, 1.54) is 11.8 Å². The van der Waals surface area contributed by atoms with Crippen molar-refractivity contribution < 1.29 is 31.2 Å². The van der Waals surface area contributed by atoms with Crippen molar-refractivity contribution in [3.05, 3.63) is 36.9 Å². The third kappa shape index (κ3) is 3.56. The summed E-state index contributed by atoms with van der Waals surface area (Å²) in [7, 11) is 1.34. The van der Waals surface area contributed by atoms with Crippen molar-refractivity contribution in [1.29, 1.82) is 0 Å². The van der Waals surface area contributed by atoms with E-state index < -0.39 is 0 Å². The number of methoxy groups -OCH3 is 1. The molecule has 0 unspecified atom stereocenters. The average Bonchev–Trinajstić information content (AvgIpc) is 2.40. The fourth-order valence-corrected chi connectivity index (χ4v) is 1.26. The molecule has 0 N–H and O–H groups in total. The maximum absolute atomic E-state index is 11.0. The topological polar surface area (TPSA) is 68.8 Å². The van der Waals surface area contributed by atoms with Crippen molar-refractivity contribution >= 4 is 5.97 Å². The predicted octanol–water partition coefficient (Wildman–Crippen LogP) is -3.00. The van der Waals surface area contributed by atoms with Crippen LogP contribution in [0, 0.1) is 0 Å². The second-order valence-electron chi connectivity index (χ2n) is 3.26. The van der Waals surface area contributed by atoms with Gasteiger partial charge in [0.25, 0.3) is 6.54 Å². The lowest BCUT2D eigenvalue weighted by molar-refractivity contribution is -0.743. The van der Waals surface area contributed by atoms with E-state index in [4.69, 9.17) is 0 Å². The zero-order valence-corrected chi connectivity index (χ0v) is 11.2. The van der Waals surface area contributed by atoms with E-state index in [9.17, 15) is 4.79 Å². The first-order valence-electron chi connectivity index (χ1n) is 4.99. The number of esters is 1. The molecule has 0 amide bonds. The first-order chi connectivity index (χ1) is 8.29. The number of ether oxygens (including phenoxy) is 1. The van der Waals surface area contributed by atoms with Gasteiger partial charge in [0, 0.05) is 24.0 Å². The van der Waals surface area contributed by atoms with E-state index in [1.807, 2.05) is 0 Å². The Morgan fingerprint density at radius 1 is 1.39 bits per heavy atom. The minimum Gasteiger partial charge on any atom is -1.00 e. The second kappa shape index (κ2) is 6.75. The predicted molar refractivity (Wildman–Crippen MR) is 57.5 cm³/mol. The van der Waals surface area contributed by atoms with Crippen molar-refractivity contribution in [2.45, 2.75) is 6.54 Å². The van der Waals surface area contributed by atoms with Crippen LogP contribution in [0.2, 0.25) is 0 Å². The molecule has 18 heavy (non-hydrogen) atoms. The van der Waals surface area contributed by atoms with Crippen LogP contribution in [-0.4, -0.2) is 28.1 Å². The number of carbonyl (C=O) groups excluding carboxylic acids is 1. The molecule has 2 aromatic heterocycles. The number of rotatable bonds is 3. The summed E-state index contributed by atoms with van der Waals surface area (Å²) in [6, 6.07) is 3.54. The highest BCUT2D eigenvalue weighted by Gasteiger charge is 2.11. The summed E-state index contributed by atoms with van der Waals surface area (Å²) in [5.41, 5.74) is 0.798. The van der Waals surface area contributed by atoms with Crippen LogP contribution in [0.4, 0.5) is 0 Å². The Hall–Kier alpha value is -1.89. The zero-order chi connectivity index (χ0) is 12.1. The van der Waals surface area contributed by atoms with Crippen LogP contribution >= 0.6 is 0 Å². The summed E-state index contributed by atoms with van der Waals surface area (Å²) >= 11 is 0. The maximum Gasteiger partial charge on any atom is 0.374 e. The van der Waals surface area contributed by atoms with Gasteiger partial charge in [-0.1, -0.05) is 4.68 Å². The van der Waals surface area contributed by atoms with Gasteiger partial charge in [0.15, 0.2) is 12.0 Å². The van der Waals surface area contributed by atoms with E-state index in [-0.39, 0.29) is 29.5 Å². The lowest BCUT2D eigenvalue weighted by Crippen LogP contribution is -3.00. The van der Waals surface area contributed by atoms with Gasteiger partial charge in [-0.3, -0.25) is 0 Å². The number of hydrogen-bond acceptors (Lipinski definition) is 5. The molecule has 0 saturated heterocycles. The SMILES string of the molecule is COC(=O)C[n+]1ccc(-c2ncccn2)cn1.[Br-]. The third-order valence-corrected chi connectivity index (χ3v) is 2.11. The highest BCUT2D eigenvalue weighted by molar-refractivity contribution is 5.67. The largest absolute Gasteiger partial charge is 1.00 e. The Balaban J connectivity index is 0.00000162. The Bertz CT molecular complexity index is 504. The van der Waals surface area contributed by atoms with E-state index in [2.05, 4.69) is 19.8 Å².